The van der Waals surface area contributed by atoms with Crippen LogP contribution in [0.1, 0.15) is 0 Å². The predicted octanol–water partition coefficient (Wildman–Crippen LogP) is 3.21. The number of anilines is 1. The average Bonchev–Trinajstić information content (AvgIpc) is 3.13. The van der Waals surface area contributed by atoms with Gasteiger partial charge in [-0.2, -0.15) is 8.75 Å². The van der Waals surface area contributed by atoms with Crippen LogP contribution in [0.4, 0.5) is 10.1 Å². The molecule has 136 valence electrons. The molecule has 0 spiro atoms. The molecular formula is C16H10FN5O3S2. The maximum atomic E-state index is 13.6. The normalized spacial score (nSPS) is 11.4. The summed E-state index contributed by atoms with van der Waals surface area (Å²) in [5.74, 6) is -0.593. The first-order valence-electron chi connectivity index (χ1n) is 7.51. The maximum absolute atomic E-state index is 13.6. The highest BCUT2D eigenvalue weighted by molar-refractivity contribution is 7.93. The van der Waals surface area contributed by atoms with Crippen LogP contribution in [0.25, 0.3) is 11.0 Å². The van der Waals surface area contributed by atoms with Crippen LogP contribution in [0, 0.1) is 5.82 Å². The van der Waals surface area contributed by atoms with E-state index in [1.807, 2.05) is 0 Å². The van der Waals surface area contributed by atoms with E-state index in [2.05, 4.69) is 23.4 Å². The van der Waals surface area contributed by atoms with Gasteiger partial charge in [0.2, 0.25) is 0 Å². The van der Waals surface area contributed by atoms with Crippen molar-refractivity contribution in [1.29, 1.82) is 0 Å². The van der Waals surface area contributed by atoms with Crippen molar-refractivity contribution in [3.63, 3.8) is 0 Å². The number of halogens is 1. The molecule has 27 heavy (non-hydrogen) atoms. The minimum atomic E-state index is -3.91. The van der Waals surface area contributed by atoms with E-state index in [1.165, 1.54) is 36.7 Å². The van der Waals surface area contributed by atoms with Gasteiger partial charge in [0.05, 0.1) is 29.8 Å². The summed E-state index contributed by atoms with van der Waals surface area (Å²) >= 11 is 0.929. The molecule has 0 atom stereocenters. The molecule has 2 heterocycles. The fourth-order valence-corrected chi connectivity index (χ4v) is 4.05. The molecule has 0 aliphatic heterocycles. The van der Waals surface area contributed by atoms with Gasteiger partial charge in [-0.05, 0) is 24.3 Å². The first-order valence-corrected chi connectivity index (χ1v) is 9.73. The molecule has 0 fully saturated rings. The molecule has 0 amide bonds. The minimum absolute atomic E-state index is 0.000401. The van der Waals surface area contributed by atoms with Gasteiger partial charge >= 0.3 is 6.01 Å². The molecule has 4 aromatic rings. The number of fused-ring (bicyclic) bond motifs is 1. The van der Waals surface area contributed by atoms with Crippen LogP contribution in [0.2, 0.25) is 0 Å². The summed E-state index contributed by atoms with van der Waals surface area (Å²) in [5, 5.41) is 0. The molecule has 0 aliphatic carbocycles. The van der Waals surface area contributed by atoms with E-state index >= 15 is 0 Å². The number of aromatic nitrogens is 4. The lowest BCUT2D eigenvalue weighted by Gasteiger charge is -2.09. The Morgan fingerprint density at radius 2 is 1.78 bits per heavy atom. The quantitative estimate of drug-likeness (QED) is 0.545. The van der Waals surface area contributed by atoms with Crippen molar-refractivity contribution in [2.24, 2.45) is 0 Å². The van der Waals surface area contributed by atoms with Gasteiger partial charge in [0.15, 0.2) is 11.6 Å². The first-order chi connectivity index (χ1) is 13.0. The van der Waals surface area contributed by atoms with Gasteiger partial charge in [-0.3, -0.25) is 4.72 Å². The lowest BCUT2D eigenvalue weighted by molar-refractivity contribution is 0.411. The molecule has 0 unspecified atom stereocenters. The number of hydrogen-bond donors (Lipinski definition) is 1. The van der Waals surface area contributed by atoms with E-state index < -0.39 is 15.8 Å². The van der Waals surface area contributed by atoms with E-state index in [-0.39, 0.29) is 27.9 Å². The van der Waals surface area contributed by atoms with Crippen LogP contribution in [0.5, 0.6) is 11.8 Å². The number of sulfonamides is 1. The second kappa shape index (κ2) is 6.85. The van der Waals surface area contributed by atoms with E-state index in [1.54, 1.807) is 18.2 Å². The zero-order chi connectivity index (χ0) is 18.9. The summed E-state index contributed by atoms with van der Waals surface area (Å²) in [6, 6.07) is 10.4. The predicted molar refractivity (Wildman–Crippen MR) is 96.7 cm³/mol. The Bertz CT molecular complexity index is 1210. The monoisotopic (exact) mass is 403 g/mol. The summed E-state index contributed by atoms with van der Waals surface area (Å²) in [4.78, 5) is 7.79. The van der Waals surface area contributed by atoms with Crippen LogP contribution in [0.3, 0.4) is 0 Å². The number of hydrogen-bond acceptors (Lipinski definition) is 8. The van der Waals surface area contributed by atoms with Gasteiger partial charge in [0.25, 0.3) is 10.0 Å². The van der Waals surface area contributed by atoms with Gasteiger partial charge < -0.3 is 4.74 Å². The van der Waals surface area contributed by atoms with Crippen molar-refractivity contribution < 1.29 is 17.5 Å². The van der Waals surface area contributed by atoms with Crippen LogP contribution in [0.15, 0.2) is 59.8 Å². The van der Waals surface area contributed by atoms with Crippen molar-refractivity contribution in [2.75, 3.05) is 4.72 Å². The molecule has 2 aromatic heterocycles. The van der Waals surface area contributed by atoms with Gasteiger partial charge in [-0.15, -0.1) is 0 Å². The Morgan fingerprint density at radius 1 is 1.00 bits per heavy atom. The Balaban J connectivity index is 1.56. The summed E-state index contributed by atoms with van der Waals surface area (Å²) in [5.41, 5.74) is 0.902. The van der Waals surface area contributed by atoms with E-state index in [0.29, 0.717) is 5.52 Å². The highest BCUT2D eigenvalue weighted by atomic mass is 32.2. The molecule has 0 saturated carbocycles. The number of nitrogens with zero attached hydrogens (tertiary/aromatic N) is 4. The van der Waals surface area contributed by atoms with Crippen LogP contribution in [-0.2, 0) is 10.0 Å². The van der Waals surface area contributed by atoms with Crippen molar-refractivity contribution in [3.05, 3.63) is 60.7 Å². The highest BCUT2D eigenvalue weighted by Crippen LogP contribution is 2.24. The fraction of sp³-hybridized carbons (Fsp3) is 0. The van der Waals surface area contributed by atoms with Gasteiger partial charge in [0, 0.05) is 0 Å². The third kappa shape index (κ3) is 3.55. The number of benzene rings is 2. The number of ether oxygens (including phenoxy) is 1. The molecular weight excluding hydrogens is 393 g/mol. The Kier molecular flexibility index (Phi) is 4.38. The molecule has 4 rings (SSSR count). The standard InChI is InChI=1S/C16H10FN5O3S2/c17-11-4-1-2-6-13(11)25-16-18-8-10(9-19-16)22-27(23,24)14-7-3-5-12-15(14)21-26-20-12/h1-9,22H. The topological polar surface area (TPSA) is 107 Å². The average molecular weight is 403 g/mol. The van der Waals surface area contributed by atoms with Gasteiger partial charge in [-0.25, -0.2) is 22.8 Å². The molecule has 2 aromatic carbocycles. The zero-order valence-electron chi connectivity index (χ0n) is 13.4. The molecule has 8 nitrogen and oxygen atoms in total. The minimum Gasteiger partial charge on any atom is -0.421 e. The zero-order valence-corrected chi connectivity index (χ0v) is 15.0. The van der Waals surface area contributed by atoms with Crippen LogP contribution >= 0.6 is 11.7 Å². The van der Waals surface area contributed by atoms with E-state index in [9.17, 15) is 12.8 Å². The van der Waals surface area contributed by atoms with Crippen molar-refractivity contribution in [3.8, 4) is 11.8 Å². The molecule has 0 bridgehead atoms. The second-order valence-corrected chi connectivity index (χ2v) is 7.46. The van der Waals surface area contributed by atoms with Gasteiger partial charge in [-0.1, -0.05) is 18.2 Å². The molecule has 0 saturated heterocycles. The fourth-order valence-electron chi connectivity index (χ4n) is 2.26. The Hall–Kier alpha value is -3.18. The molecule has 0 aliphatic rings. The number of nitrogens with one attached hydrogen (secondary N) is 1. The van der Waals surface area contributed by atoms with Crippen molar-refractivity contribution in [1.82, 2.24) is 18.7 Å². The summed E-state index contributed by atoms with van der Waals surface area (Å²) in [6.07, 6.45) is 2.44. The second-order valence-electron chi connectivity index (χ2n) is 5.28. The molecule has 11 heteroatoms. The van der Waals surface area contributed by atoms with Crippen molar-refractivity contribution >= 4 is 38.5 Å². The first kappa shape index (κ1) is 17.2. The third-order valence-electron chi connectivity index (χ3n) is 3.46. The smallest absolute Gasteiger partial charge is 0.322 e. The van der Waals surface area contributed by atoms with E-state index in [0.717, 1.165) is 11.7 Å². The third-order valence-corrected chi connectivity index (χ3v) is 5.41. The SMILES string of the molecule is O=S(=O)(Nc1cnc(Oc2ccccc2F)nc1)c1cccc2nsnc12. The van der Waals surface area contributed by atoms with Crippen LogP contribution < -0.4 is 9.46 Å². The van der Waals surface area contributed by atoms with E-state index in [4.69, 9.17) is 4.74 Å². The lowest BCUT2D eigenvalue weighted by Crippen LogP contribution is -2.14. The number of para-hydroxylation sites is 1. The Labute approximate surface area is 157 Å². The Morgan fingerprint density at radius 3 is 2.56 bits per heavy atom. The van der Waals surface area contributed by atoms with Crippen molar-refractivity contribution in [2.45, 2.75) is 4.90 Å². The number of rotatable bonds is 5. The maximum Gasteiger partial charge on any atom is 0.322 e. The largest absolute Gasteiger partial charge is 0.421 e. The summed E-state index contributed by atoms with van der Waals surface area (Å²) in [6.45, 7) is 0. The highest BCUT2D eigenvalue weighted by Gasteiger charge is 2.20. The molecule has 0 radical (unpaired) electrons. The lowest BCUT2D eigenvalue weighted by atomic mass is 10.3. The summed E-state index contributed by atoms with van der Waals surface area (Å²) < 4.78 is 54.5. The molecule has 1 N–H and O–H groups in total. The van der Waals surface area contributed by atoms with Gasteiger partial charge in [0.1, 0.15) is 15.9 Å². The summed E-state index contributed by atoms with van der Waals surface area (Å²) in [7, 11) is -3.91. The van der Waals surface area contributed by atoms with Crippen LogP contribution in [-0.4, -0.2) is 27.1 Å².